The van der Waals surface area contributed by atoms with E-state index in [1.165, 1.54) is 4.31 Å². The van der Waals surface area contributed by atoms with Crippen molar-refractivity contribution in [3.8, 4) is 0 Å². The summed E-state index contributed by atoms with van der Waals surface area (Å²) in [6.07, 6.45) is -0.000639. The van der Waals surface area contributed by atoms with Gasteiger partial charge in [-0.15, -0.1) is 5.10 Å². The van der Waals surface area contributed by atoms with Crippen LogP contribution in [0.2, 0.25) is 0 Å². The zero-order chi connectivity index (χ0) is 17.9. The third-order valence-corrected chi connectivity index (χ3v) is 6.23. The van der Waals surface area contributed by atoms with E-state index in [1.54, 1.807) is 11.8 Å². The van der Waals surface area contributed by atoms with E-state index >= 15 is 0 Å². The summed E-state index contributed by atoms with van der Waals surface area (Å²) in [6, 6.07) is 0.458. The van der Waals surface area contributed by atoms with Gasteiger partial charge in [-0.25, -0.2) is 8.42 Å². The average molecular weight is 373 g/mol. The number of anilines is 1. The van der Waals surface area contributed by atoms with Crippen molar-refractivity contribution in [3.63, 3.8) is 0 Å². The van der Waals surface area contributed by atoms with Crippen LogP contribution in [0.4, 0.5) is 6.01 Å². The summed E-state index contributed by atoms with van der Waals surface area (Å²) in [5.74, 6) is 0.203. The molecule has 2 fully saturated rings. The Morgan fingerprint density at radius 3 is 2.36 bits per heavy atom. The molecule has 3 heterocycles. The fraction of sp³-hybridized carbons (Fsp3) is 0.786. The number of amides is 1. The topological polar surface area (TPSA) is 109 Å². The Morgan fingerprint density at radius 1 is 1.08 bits per heavy atom. The summed E-state index contributed by atoms with van der Waals surface area (Å²) in [4.78, 5) is 15.9. The molecule has 1 amide bonds. The largest absolute Gasteiger partial charge is 0.408 e. The zero-order valence-electron chi connectivity index (χ0n) is 14.3. The van der Waals surface area contributed by atoms with Crippen LogP contribution in [-0.4, -0.2) is 92.0 Å². The van der Waals surface area contributed by atoms with E-state index in [4.69, 9.17) is 9.15 Å². The highest BCUT2D eigenvalue weighted by molar-refractivity contribution is 7.89. The number of morpholine rings is 1. The fourth-order valence-electron chi connectivity index (χ4n) is 2.89. The number of aromatic nitrogens is 2. The smallest absolute Gasteiger partial charge is 0.318 e. The predicted molar refractivity (Wildman–Crippen MR) is 88.6 cm³/mol. The van der Waals surface area contributed by atoms with Crippen molar-refractivity contribution in [1.82, 2.24) is 19.4 Å². The summed E-state index contributed by atoms with van der Waals surface area (Å²) in [5.41, 5.74) is 0. The second-order valence-electron chi connectivity index (χ2n) is 6.05. The first-order chi connectivity index (χ1) is 12.0. The maximum Gasteiger partial charge on any atom is 0.318 e. The lowest BCUT2D eigenvalue weighted by Gasteiger charge is -2.33. The van der Waals surface area contributed by atoms with Crippen LogP contribution in [0.15, 0.2) is 4.42 Å². The first-order valence-electron chi connectivity index (χ1n) is 8.34. The molecule has 0 aromatic carbocycles. The molecule has 11 heteroatoms. The van der Waals surface area contributed by atoms with Crippen LogP contribution in [-0.2, 0) is 19.6 Å². The van der Waals surface area contributed by atoms with Crippen LogP contribution >= 0.6 is 0 Å². The molecule has 0 unspecified atom stereocenters. The van der Waals surface area contributed by atoms with Gasteiger partial charge in [0.05, 0.1) is 19.0 Å². The van der Waals surface area contributed by atoms with E-state index in [9.17, 15) is 13.2 Å². The first-order valence-corrected chi connectivity index (χ1v) is 9.95. The molecule has 2 aliphatic rings. The molecule has 1 aromatic heterocycles. The van der Waals surface area contributed by atoms with Gasteiger partial charge in [-0.1, -0.05) is 5.10 Å². The Bertz CT molecular complexity index is 692. The van der Waals surface area contributed by atoms with Crippen LogP contribution in [0.5, 0.6) is 0 Å². The van der Waals surface area contributed by atoms with Crippen molar-refractivity contribution in [2.45, 2.75) is 13.3 Å². The molecule has 3 rings (SSSR count). The van der Waals surface area contributed by atoms with E-state index in [2.05, 4.69) is 10.2 Å². The van der Waals surface area contributed by atoms with Crippen molar-refractivity contribution in [2.75, 3.05) is 63.1 Å². The third kappa shape index (κ3) is 4.47. The molecular formula is C14H23N5O5S. The average Bonchev–Trinajstić information content (AvgIpc) is 3.07. The monoisotopic (exact) mass is 373 g/mol. The minimum atomic E-state index is -3.41. The van der Waals surface area contributed by atoms with Crippen LogP contribution in [0.3, 0.4) is 0 Å². The van der Waals surface area contributed by atoms with Crippen molar-refractivity contribution in [2.24, 2.45) is 0 Å². The Hall–Kier alpha value is -1.72. The minimum Gasteiger partial charge on any atom is -0.408 e. The van der Waals surface area contributed by atoms with Crippen molar-refractivity contribution in [3.05, 3.63) is 5.89 Å². The summed E-state index contributed by atoms with van der Waals surface area (Å²) in [5, 5.41) is 7.77. The molecule has 25 heavy (non-hydrogen) atoms. The number of carbonyl (C=O) groups is 1. The number of piperazine rings is 1. The number of aryl methyl sites for hydroxylation is 1. The summed E-state index contributed by atoms with van der Waals surface area (Å²) < 4.78 is 36.5. The Morgan fingerprint density at radius 2 is 1.76 bits per heavy atom. The number of nitrogens with zero attached hydrogens (tertiary/aromatic N) is 5. The fourth-order valence-corrected chi connectivity index (χ4v) is 4.29. The van der Waals surface area contributed by atoms with Gasteiger partial charge >= 0.3 is 6.01 Å². The number of carbonyl (C=O) groups excluding carboxylic acids is 1. The lowest BCUT2D eigenvalue weighted by molar-refractivity contribution is -0.131. The standard InChI is InChI=1S/C14H23N5O5S/c1-12-15-16-14(24-12)18-5-3-17(4-6-18)13(20)2-11-25(21,22)19-7-9-23-10-8-19/h2-11H2,1H3. The quantitative estimate of drug-likeness (QED) is 0.652. The SMILES string of the molecule is Cc1nnc(N2CCN(C(=O)CCS(=O)(=O)N3CCOCC3)CC2)o1. The lowest BCUT2D eigenvalue weighted by Crippen LogP contribution is -2.49. The van der Waals surface area contributed by atoms with Crippen LogP contribution < -0.4 is 4.90 Å². The van der Waals surface area contributed by atoms with Crippen LogP contribution in [0.25, 0.3) is 0 Å². The van der Waals surface area contributed by atoms with E-state index in [1.807, 2.05) is 4.90 Å². The molecule has 1 aromatic rings. The van der Waals surface area contributed by atoms with Gasteiger partial charge in [0, 0.05) is 52.6 Å². The van der Waals surface area contributed by atoms with Gasteiger partial charge in [0.15, 0.2) is 0 Å². The molecular weight excluding hydrogens is 350 g/mol. The van der Waals surface area contributed by atoms with Gasteiger partial charge in [-0.3, -0.25) is 4.79 Å². The van der Waals surface area contributed by atoms with E-state index in [0.717, 1.165) is 0 Å². The maximum atomic E-state index is 12.3. The summed E-state index contributed by atoms with van der Waals surface area (Å²) in [6.45, 7) is 5.46. The second kappa shape index (κ2) is 7.67. The highest BCUT2D eigenvalue weighted by atomic mass is 32.2. The first kappa shape index (κ1) is 18.1. The second-order valence-corrected chi connectivity index (χ2v) is 8.14. The Balaban J connectivity index is 1.46. The van der Waals surface area contributed by atoms with Crippen molar-refractivity contribution < 1.29 is 22.4 Å². The highest BCUT2D eigenvalue weighted by Gasteiger charge is 2.28. The summed E-state index contributed by atoms with van der Waals surface area (Å²) >= 11 is 0. The molecule has 0 N–H and O–H groups in total. The van der Waals surface area contributed by atoms with Crippen LogP contribution in [0.1, 0.15) is 12.3 Å². The molecule has 0 atom stereocenters. The number of hydrogen-bond donors (Lipinski definition) is 0. The normalized spacial score (nSPS) is 20.0. The van der Waals surface area contributed by atoms with Crippen molar-refractivity contribution in [1.29, 1.82) is 0 Å². The molecule has 2 aliphatic heterocycles. The van der Waals surface area contributed by atoms with Crippen molar-refractivity contribution >= 4 is 21.9 Å². The highest BCUT2D eigenvalue weighted by Crippen LogP contribution is 2.15. The summed E-state index contributed by atoms with van der Waals surface area (Å²) in [7, 11) is -3.41. The number of sulfonamides is 1. The number of ether oxygens (including phenoxy) is 1. The van der Waals surface area contributed by atoms with E-state index in [0.29, 0.717) is 64.4 Å². The predicted octanol–water partition coefficient (Wildman–Crippen LogP) is -0.921. The van der Waals surface area contributed by atoms with E-state index in [-0.39, 0.29) is 18.1 Å². The zero-order valence-corrected chi connectivity index (χ0v) is 15.1. The molecule has 0 radical (unpaired) electrons. The lowest BCUT2D eigenvalue weighted by atomic mass is 10.3. The van der Waals surface area contributed by atoms with Gasteiger partial charge < -0.3 is 19.0 Å². The molecule has 0 spiro atoms. The van der Waals surface area contributed by atoms with Crippen LogP contribution in [0, 0.1) is 6.92 Å². The third-order valence-electron chi connectivity index (χ3n) is 4.36. The maximum absolute atomic E-state index is 12.3. The molecule has 2 saturated heterocycles. The van der Waals surface area contributed by atoms with E-state index < -0.39 is 10.0 Å². The molecule has 10 nitrogen and oxygen atoms in total. The van der Waals surface area contributed by atoms with Gasteiger partial charge in [0.25, 0.3) is 0 Å². The van der Waals surface area contributed by atoms with Gasteiger partial charge in [0.1, 0.15) is 0 Å². The Kier molecular flexibility index (Phi) is 5.54. The minimum absolute atomic E-state index is 0.000639. The van der Waals surface area contributed by atoms with Gasteiger partial charge in [-0.2, -0.15) is 4.31 Å². The molecule has 0 bridgehead atoms. The number of rotatable bonds is 5. The molecule has 0 saturated carbocycles. The van der Waals surface area contributed by atoms with Gasteiger partial charge in [-0.05, 0) is 0 Å². The molecule has 0 aliphatic carbocycles. The Labute approximate surface area is 146 Å². The molecule has 140 valence electrons. The number of hydrogen-bond acceptors (Lipinski definition) is 8. The van der Waals surface area contributed by atoms with Gasteiger partial charge in [0.2, 0.25) is 21.8 Å².